The first-order chi connectivity index (χ1) is 7.02. The molecule has 0 spiro atoms. The van der Waals surface area contributed by atoms with E-state index in [1.165, 1.54) is 0 Å². The lowest BCUT2D eigenvalue weighted by atomic mass is 10.2. The molecule has 0 unspecified atom stereocenters. The highest BCUT2D eigenvalue weighted by Crippen LogP contribution is 2.07. The third kappa shape index (κ3) is 1.76. The van der Waals surface area contributed by atoms with Crippen molar-refractivity contribution in [2.24, 2.45) is 0 Å². The summed E-state index contributed by atoms with van der Waals surface area (Å²) in [6.07, 6.45) is 0.528. The Morgan fingerprint density at radius 1 is 1.60 bits per heavy atom. The van der Waals surface area contributed by atoms with Crippen LogP contribution in [0.1, 0.15) is 18.2 Å². The Balaban J connectivity index is 3.59. The molecule has 0 fully saturated rings. The molecule has 0 atom stereocenters. The van der Waals surface area contributed by atoms with Gasteiger partial charge in [0.05, 0.1) is 5.69 Å². The lowest BCUT2D eigenvalue weighted by Crippen LogP contribution is -2.36. The lowest BCUT2D eigenvalue weighted by Gasteiger charge is -2.15. The summed E-state index contributed by atoms with van der Waals surface area (Å²) in [5.41, 5.74) is -0.00782. The molecule has 0 saturated carbocycles. The number of nitrogens with zero attached hydrogens (tertiary/aromatic N) is 4. The summed E-state index contributed by atoms with van der Waals surface area (Å²) in [6.45, 7) is 1.84. The summed E-state index contributed by atoms with van der Waals surface area (Å²) in [4.78, 5) is 17.4. The van der Waals surface area contributed by atoms with Crippen LogP contribution >= 0.6 is 0 Å². The fraction of sp³-hybridized carbons (Fsp3) is 0.444. The minimum Gasteiger partial charge on any atom is -0.347 e. The molecular weight excluding hydrogens is 194 g/mol. The molecule has 1 aromatic rings. The van der Waals surface area contributed by atoms with Gasteiger partial charge in [0, 0.05) is 14.1 Å². The SMILES string of the molecule is CCc1nc(N(C)C)n(N)c(=O)c1C#N. The Bertz CT molecular complexity index is 468. The van der Waals surface area contributed by atoms with E-state index in [9.17, 15) is 4.79 Å². The molecule has 0 bridgehead atoms. The van der Waals surface area contributed by atoms with Gasteiger partial charge in [-0.3, -0.25) is 4.79 Å². The summed E-state index contributed by atoms with van der Waals surface area (Å²) < 4.78 is 0.887. The summed E-state index contributed by atoms with van der Waals surface area (Å²) in [5.74, 6) is 5.88. The molecule has 2 N–H and O–H groups in total. The van der Waals surface area contributed by atoms with Crippen LogP contribution in [0, 0.1) is 11.3 Å². The Hall–Kier alpha value is -2.03. The third-order valence-corrected chi connectivity index (χ3v) is 2.02. The maximum Gasteiger partial charge on any atom is 0.291 e. The molecule has 15 heavy (non-hydrogen) atoms. The second-order valence-electron chi connectivity index (χ2n) is 3.27. The Kier molecular flexibility index (Phi) is 2.95. The Labute approximate surface area is 87.5 Å². The van der Waals surface area contributed by atoms with Crippen LogP contribution in [0.2, 0.25) is 0 Å². The summed E-state index contributed by atoms with van der Waals surface area (Å²) in [5, 5.41) is 8.81. The van der Waals surface area contributed by atoms with E-state index in [1.54, 1.807) is 19.0 Å². The first-order valence-electron chi connectivity index (χ1n) is 4.51. The van der Waals surface area contributed by atoms with Crippen LogP contribution in [0.3, 0.4) is 0 Å². The zero-order chi connectivity index (χ0) is 11.6. The van der Waals surface area contributed by atoms with Gasteiger partial charge < -0.3 is 10.7 Å². The first-order valence-corrected chi connectivity index (χ1v) is 4.51. The number of nitrogens with two attached hydrogens (primary N) is 1. The van der Waals surface area contributed by atoms with E-state index in [1.807, 2.05) is 13.0 Å². The van der Waals surface area contributed by atoms with Gasteiger partial charge in [-0.25, -0.2) is 4.98 Å². The van der Waals surface area contributed by atoms with Crippen LogP contribution in [0.5, 0.6) is 0 Å². The second kappa shape index (κ2) is 4.00. The molecule has 0 aliphatic rings. The number of hydrogen-bond donors (Lipinski definition) is 1. The predicted octanol–water partition coefficient (Wildman–Crippen LogP) is -0.543. The zero-order valence-electron chi connectivity index (χ0n) is 8.98. The maximum atomic E-state index is 11.7. The third-order valence-electron chi connectivity index (χ3n) is 2.02. The van der Waals surface area contributed by atoms with Gasteiger partial charge in [-0.05, 0) is 6.42 Å². The zero-order valence-corrected chi connectivity index (χ0v) is 8.98. The van der Waals surface area contributed by atoms with Crippen LogP contribution in [-0.4, -0.2) is 23.8 Å². The minimum absolute atomic E-state index is 0.0191. The molecule has 1 heterocycles. The van der Waals surface area contributed by atoms with Crippen molar-refractivity contribution < 1.29 is 0 Å². The fourth-order valence-corrected chi connectivity index (χ4v) is 1.25. The highest BCUT2D eigenvalue weighted by Gasteiger charge is 2.14. The standard InChI is InChI=1S/C9H13N5O/c1-4-7-6(5-10)8(15)14(11)9(12-7)13(2)3/h4,11H2,1-3H3. The fourth-order valence-electron chi connectivity index (χ4n) is 1.25. The van der Waals surface area contributed by atoms with Gasteiger partial charge >= 0.3 is 0 Å². The van der Waals surface area contributed by atoms with E-state index in [-0.39, 0.29) is 5.56 Å². The molecule has 6 nitrogen and oxygen atoms in total. The van der Waals surface area contributed by atoms with Gasteiger partial charge in [0.15, 0.2) is 0 Å². The van der Waals surface area contributed by atoms with E-state index >= 15 is 0 Å². The quantitative estimate of drug-likeness (QED) is 0.658. The van der Waals surface area contributed by atoms with Crippen LogP contribution in [0.4, 0.5) is 5.95 Å². The van der Waals surface area contributed by atoms with Crippen molar-refractivity contribution in [3.05, 3.63) is 21.6 Å². The number of nitriles is 1. The lowest BCUT2D eigenvalue weighted by molar-refractivity contribution is 0.813. The molecule has 0 aliphatic heterocycles. The molecule has 1 aromatic heterocycles. The highest BCUT2D eigenvalue weighted by atomic mass is 16.1. The number of hydrogen-bond acceptors (Lipinski definition) is 5. The van der Waals surface area contributed by atoms with Crippen LogP contribution < -0.4 is 16.3 Å². The number of anilines is 1. The van der Waals surface area contributed by atoms with Gasteiger partial charge in [0.25, 0.3) is 5.56 Å². The second-order valence-corrected chi connectivity index (χ2v) is 3.27. The van der Waals surface area contributed by atoms with Crippen molar-refractivity contribution in [1.29, 1.82) is 5.26 Å². The van der Waals surface area contributed by atoms with Crippen molar-refractivity contribution in [3.63, 3.8) is 0 Å². The number of rotatable bonds is 2. The predicted molar refractivity (Wildman–Crippen MR) is 57.1 cm³/mol. The Morgan fingerprint density at radius 3 is 2.60 bits per heavy atom. The van der Waals surface area contributed by atoms with E-state index < -0.39 is 5.56 Å². The molecule has 0 amide bonds. The molecule has 0 saturated heterocycles. The normalized spacial score (nSPS) is 9.73. The van der Waals surface area contributed by atoms with E-state index in [4.69, 9.17) is 11.1 Å². The largest absolute Gasteiger partial charge is 0.347 e. The smallest absolute Gasteiger partial charge is 0.291 e. The molecule has 1 rings (SSSR count). The molecule has 80 valence electrons. The van der Waals surface area contributed by atoms with Crippen molar-refractivity contribution >= 4 is 5.95 Å². The summed E-state index contributed by atoms with van der Waals surface area (Å²) in [6, 6.07) is 1.83. The van der Waals surface area contributed by atoms with Crippen LogP contribution in [0.25, 0.3) is 0 Å². The van der Waals surface area contributed by atoms with Crippen molar-refractivity contribution in [3.8, 4) is 6.07 Å². The Morgan fingerprint density at radius 2 is 2.20 bits per heavy atom. The van der Waals surface area contributed by atoms with Crippen molar-refractivity contribution in [2.75, 3.05) is 24.8 Å². The molecule has 6 heteroatoms. The minimum atomic E-state index is -0.506. The first kappa shape index (κ1) is 11.0. The highest BCUT2D eigenvalue weighted by molar-refractivity contribution is 5.39. The van der Waals surface area contributed by atoms with Gasteiger partial charge in [0.2, 0.25) is 5.95 Å². The summed E-state index contributed by atoms with van der Waals surface area (Å²) in [7, 11) is 3.47. The van der Waals surface area contributed by atoms with Crippen LogP contribution in [-0.2, 0) is 6.42 Å². The maximum absolute atomic E-state index is 11.7. The summed E-state index contributed by atoms with van der Waals surface area (Å²) >= 11 is 0. The van der Waals surface area contributed by atoms with Gasteiger partial charge in [0.1, 0.15) is 11.6 Å². The van der Waals surface area contributed by atoms with E-state index in [0.29, 0.717) is 18.1 Å². The molecule has 0 aromatic carbocycles. The average molecular weight is 207 g/mol. The monoisotopic (exact) mass is 207 g/mol. The van der Waals surface area contributed by atoms with E-state index in [0.717, 1.165) is 4.68 Å². The van der Waals surface area contributed by atoms with E-state index in [2.05, 4.69) is 4.98 Å². The van der Waals surface area contributed by atoms with Gasteiger partial charge in [-0.2, -0.15) is 9.94 Å². The number of aryl methyl sites for hydroxylation is 1. The molecular formula is C9H13N5O. The van der Waals surface area contributed by atoms with Gasteiger partial charge in [-0.1, -0.05) is 6.92 Å². The van der Waals surface area contributed by atoms with Crippen molar-refractivity contribution in [1.82, 2.24) is 9.66 Å². The molecule has 0 radical (unpaired) electrons. The van der Waals surface area contributed by atoms with Crippen LogP contribution in [0.15, 0.2) is 4.79 Å². The topological polar surface area (TPSA) is 87.9 Å². The average Bonchev–Trinajstić information content (AvgIpc) is 2.21. The van der Waals surface area contributed by atoms with Crippen molar-refractivity contribution in [2.45, 2.75) is 13.3 Å². The number of aromatic nitrogens is 2. The number of nitrogen functional groups attached to an aromatic ring is 1. The molecule has 0 aliphatic carbocycles. The van der Waals surface area contributed by atoms with Gasteiger partial charge in [-0.15, -0.1) is 0 Å².